The number of aryl methyl sites for hydroxylation is 2. The van der Waals surface area contributed by atoms with Crippen molar-refractivity contribution in [2.24, 2.45) is 0 Å². The maximum Gasteiger partial charge on any atom is 0.224 e. The van der Waals surface area contributed by atoms with Gasteiger partial charge in [0.2, 0.25) is 5.91 Å². The van der Waals surface area contributed by atoms with Crippen molar-refractivity contribution < 1.29 is 4.79 Å². The fourth-order valence-corrected chi connectivity index (χ4v) is 4.98. The Balaban J connectivity index is 1.48. The number of anilines is 1. The first kappa shape index (κ1) is 20.9. The summed E-state index contributed by atoms with van der Waals surface area (Å²) in [4.78, 5) is 17.6. The molecule has 4 heteroatoms. The molecule has 160 valence electrons. The van der Waals surface area contributed by atoms with Crippen molar-refractivity contribution in [3.8, 4) is 0 Å². The zero-order chi connectivity index (χ0) is 20.9. The second kappa shape index (κ2) is 9.65. The number of piperidine rings is 1. The van der Waals surface area contributed by atoms with Crippen LogP contribution in [0.5, 0.6) is 0 Å². The fraction of sp³-hybridized carbons (Fsp3) is 0.500. The lowest BCUT2D eigenvalue weighted by atomic mass is 9.95. The van der Waals surface area contributed by atoms with Crippen LogP contribution < -0.4 is 10.2 Å². The van der Waals surface area contributed by atoms with Gasteiger partial charge in [0.1, 0.15) is 0 Å². The van der Waals surface area contributed by atoms with E-state index < -0.39 is 0 Å². The molecule has 1 atom stereocenters. The molecule has 0 aliphatic carbocycles. The van der Waals surface area contributed by atoms with E-state index in [2.05, 4.69) is 59.4 Å². The SMILES string of the molecule is Cc1cccc(CC(=O)NCC(c2ccc3c(c2)CCCN3C)N2CCCCC2)c1. The molecule has 2 aromatic carbocycles. The monoisotopic (exact) mass is 405 g/mol. The smallest absolute Gasteiger partial charge is 0.224 e. The molecule has 30 heavy (non-hydrogen) atoms. The number of hydrogen-bond acceptors (Lipinski definition) is 3. The summed E-state index contributed by atoms with van der Waals surface area (Å²) in [5, 5.41) is 3.24. The Kier molecular flexibility index (Phi) is 6.73. The van der Waals surface area contributed by atoms with Gasteiger partial charge in [-0.25, -0.2) is 0 Å². The normalized spacial score (nSPS) is 18.0. The Morgan fingerprint density at radius 3 is 2.67 bits per heavy atom. The molecule has 4 nitrogen and oxygen atoms in total. The number of benzene rings is 2. The van der Waals surface area contributed by atoms with Crippen molar-refractivity contribution in [1.82, 2.24) is 10.2 Å². The standard InChI is InChI=1S/C26H35N3O/c1-20-8-6-9-21(16-20)17-26(30)27-19-25(29-14-4-3-5-15-29)23-11-12-24-22(18-23)10-7-13-28(24)2/h6,8-9,11-12,16,18,25H,3-5,7,10,13-15,17,19H2,1-2H3,(H,27,30). The molecule has 0 radical (unpaired) electrons. The van der Waals surface area contributed by atoms with Crippen LogP contribution in [0.3, 0.4) is 0 Å². The zero-order valence-electron chi connectivity index (χ0n) is 18.5. The number of carbonyl (C=O) groups is 1. The summed E-state index contributed by atoms with van der Waals surface area (Å²) in [6.45, 7) is 6.13. The highest BCUT2D eigenvalue weighted by Gasteiger charge is 2.24. The first-order chi connectivity index (χ1) is 14.6. The summed E-state index contributed by atoms with van der Waals surface area (Å²) < 4.78 is 0. The van der Waals surface area contributed by atoms with Crippen molar-refractivity contribution in [3.63, 3.8) is 0 Å². The van der Waals surface area contributed by atoms with Gasteiger partial charge in [0, 0.05) is 25.8 Å². The fourth-order valence-electron chi connectivity index (χ4n) is 4.98. The number of fused-ring (bicyclic) bond motifs is 1. The van der Waals surface area contributed by atoms with Crippen molar-refractivity contribution >= 4 is 11.6 Å². The summed E-state index contributed by atoms with van der Waals surface area (Å²) in [7, 11) is 2.19. The number of carbonyl (C=O) groups excluding carboxylic acids is 1. The second-order valence-electron chi connectivity index (χ2n) is 9.00. The molecule has 2 aliphatic rings. The number of nitrogens with one attached hydrogen (secondary N) is 1. The topological polar surface area (TPSA) is 35.6 Å². The number of nitrogens with zero attached hydrogens (tertiary/aromatic N) is 2. The third-order valence-electron chi connectivity index (χ3n) is 6.61. The molecule has 0 saturated carbocycles. The first-order valence-corrected chi connectivity index (χ1v) is 11.5. The van der Waals surface area contributed by atoms with Crippen LogP contribution in [0.15, 0.2) is 42.5 Å². The average Bonchev–Trinajstić information content (AvgIpc) is 2.75. The van der Waals surface area contributed by atoms with Crippen molar-refractivity contribution in [2.45, 2.75) is 51.5 Å². The van der Waals surface area contributed by atoms with Crippen LogP contribution in [0.2, 0.25) is 0 Å². The molecule has 1 fully saturated rings. The molecule has 1 N–H and O–H groups in total. The van der Waals surface area contributed by atoms with Gasteiger partial charge < -0.3 is 10.2 Å². The van der Waals surface area contributed by atoms with E-state index in [0.29, 0.717) is 13.0 Å². The van der Waals surface area contributed by atoms with Crippen LogP contribution in [0.1, 0.15) is 54.0 Å². The highest BCUT2D eigenvalue weighted by Crippen LogP contribution is 2.31. The summed E-state index contributed by atoms with van der Waals surface area (Å²) in [6, 6.07) is 15.5. The van der Waals surface area contributed by atoms with Crippen LogP contribution in [-0.4, -0.2) is 44.0 Å². The van der Waals surface area contributed by atoms with Gasteiger partial charge in [0.15, 0.2) is 0 Å². The lowest BCUT2D eigenvalue weighted by Crippen LogP contribution is -2.41. The Morgan fingerprint density at radius 1 is 1.03 bits per heavy atom. The van der Waals surface area contributed by atoms with E-state index in [1.807, 2.05) is 12.1 Å². The van der Waals surface area contributed by atoms with E-state index >= 15 is 0 Å². The minimum absolute atomic E-state index is 0.111. The van der Waals surface area contributed by atoms with E-state index in [4.69, 9.17) is 0 Å². The third-order valence-corrected chi connectivity index (χ3v) is 6.61. The van der Waals surface area contributed by atoms with Crippen LogP contribution in [0.4, 0.5) is 5.69 Å². The van der Waals surface area contributed by atoms with Gasteiger partial charge >= 0.3 is 0 Å². The van der Waals surface area contributed by atoms with Gasteiger partial charge in [-0.15, -0.1) is 0 Å². The Morgan fingerprint density at radius 2 is 1.87 bits per heavy atom. The molecule has 1 saturated heterocycles. The highest BCUT2D eigenvalue weighted by atomic mass is 16.1. The number of likely N-dealkylation sites (tertiary alicyclic amines) is 1. The molecule has 0 spiro atoms. The molecule has 1 amide bonds. The van der Waals surface area contributed by atoms with Crippen LogP contribution in [-0.2, 0) is 17.6 Å². The zero-order valence-corrected chi connectivity index (χ0v) is 18.5. The molecule has 2 aliphatic heterocycles. The van der Waals surface area contributed by atoms with Crippen LogP contribution in [0.25, 0.3) is 0 Å². The largest absolute Gasteiger partial charge is 0.374 e. The minimum Gasteiger partial charge on any atom is -0.374 e. The number of rotatable bonds is 6. The maximum absolute atomic E-state index is 12.7. The molecular weight excluding hydrogens is 370 g/mol. The first-order valence-electron chi connectivity index (χ1n) is 11.5. The van der Waals surface area contributed by atoms with E-state index in [-0.39, 0.29) is 11.9 Å². The Hall–Kier alpha value is -2.33. The molecule has 0 bridgehead atoms. The molecular formula is C26H35N3O. The average molecular weight is 406 g/mol. The predicted octanol–water partition coefficient (Wildman–Crippen LogP) is 4.26. The van der Waals surface area contributed by atoms with Crippen molar-refractivity contribution in [1.29, 1.82) is 0 Å². The minimum atomic E-state index is 0.111. The number of amides is 1. The Bertz CT molecular complexity index is 872. The second-order valence-corrected chi connectivity index (χ2v) is 9.00. The van der Waals surface area contributed by atoms with Crippen LogP contribution in [0, 0.1) is 6.92 Å². The molecule has 0 aromatic heterocycles. The summed E-state index contributed by atoms with van der Waals surface area (Å²) in [5.41, 5.74) is 6.45. The van der Waals surface area contributed by atoms with Gasteiger partial charge in [-0.3, -0.25) is 9.69 Å². The van der Waals surface area contributed by atoms with Gasteiger partial charge in [-0.1, -0.05) is 48.4 Å². The molecule has 2 heterocycles. The van der Waals surface area contributed by atoms with Crippen molar-refractivity contribution in [2.75, 3.05) is 38.1 Å². The van der Waals surface area contributed by atoms with Gasteiger partial charge in [-0.05, 0) is 68.5 Å². The van der Waals surface area contributed by atoms with Crippen molar-refractivity contribution in [3.05, 3.63) is 64.7 Å². The predicted molar refractivity (Wildman–Crippen MR) is 124 cm³/mol. The molecule has 4 rings (SSSR count). The highest BCUT2D eigenvalue weighted by molar-refractivity contribution is 5.78. The van der Waals surface area contributed by atoms with E-state index in [1.54, 1.807) is 0 Å². The summed E-state index contributed by atoms with van der Waals surface area (Å²) in [6.07, 6.45) is 6.64. The summed E-state index contributed by atoms with van der Waals surface area (Å²) >= 11 is 0. The van der Waals surface area contributed by atoms with E-state index in [1.165, 1.54) is 48.1 Å². The lowest BCUT2D eigenvalue weighted by Gasteiger charge is -2.36. The molecule has 1 unspecified atom stereocenters. The summed E-state index contributed by atoms with van der Waals surface area (Å²) in [5.74, 6) is 0.111. The van der Waals surface area contributed by atoms with Gasteiger partial charge in [0.05, 0.1) is 12.5 Å². The van der Waals surface area contributed by atoms with E-state index in [0.717, 1.165) is 31.6 Å². The maximum atomic E-state index is 12.7. The quantitative estimate of drug-likeness (QED) is 0.780. The van der Waals surface area contributed by atoms with Gasteiger partial charge in [0.25, 0.3) is 0 Å². The van der Waals surface area contributed by atoms with Gasteiger partial charge in [-0.2, -0.15) is 0 Å². The third kappa shape index (κ3) is 5.04. The Labute approximate surface area is 181 Å². The lowest BCUT2D eigenvalue weighted by molar-refractivity contribution is -0.120. The van der Waals surface area contributed by atoms with Crippen LogP contribution >= 0.6 is 0 Å². The van der Waals surface area contributed by atoms with E-state index in [9.17, 15) is 4.79 Å². The molecule has 2 aromatic rings. The number of hydrogen-bond donors (Lipinski definition) is 1.